The van der Waals surface area contributed by atoms with Gasteiger partial charge in [0.1, 0.15) is 5.82 Å². The second-order valence-corrected chi connectivity index (χ2v) is 4.93. The lowest BCUT2D eigenvalue weighted by Crippen LogP contribution is -2.07. The Hall–Kier alpha value is -1.02. The molecule has 0 saturated carbocycles. The number of nitrogens with zero attached hydrogens (tertiary/aromatic N) is 2. The van der Waals surface area contributed by atoms with E-state index in [0.29, 0.717) is 11.8 Å². The zero-order valence-corrected chi connectivity index (χ0v) is 10.8. The van der Waals surface area contributed by atoms with Gasteiger partial charge < -0.3 is 4.57 Å². The summed E-state index contributed by atoms with van der Waals surface area (Å²) in [6.45, 7) is 7.47. The highest BCUT2D eigenvalue weighted by Crippen LogP contribution is 2.20. The molecule has 2 rings (SSSR count). The molecule has 1 aromatic carbocycles. The number of benzene rings is 1. The second-order valence-electron chi connectivity index (χ2n) is 4.66. The highest BCUT2D eigenvalue weighted by atomic mass is 35.5. The topological polar surface area (TPSA) is 17.8 Å². The number of rotatable bonds is 3. The van der Waals surface area contributed by atoms with Crippen LogP contribution in [0.2, 0.25) is 0 Å². The van der Waals surface area contributed by atoms with Gasteiger partial charge in [-0.1, -0.05) is 19.9 Å². The quantitative estimate of drug-likeness (QED) is 0.743. The summed E-state index contributed by atoms with van der Waals surface area (Å²) in [6, 6.07) is 6.37. The van der Waals surface area contributed by atoms with Gasteiger partial charge >= 0.3 is 0 Å². The summed E-state index contributed by atoms with van der Waals surface area (Å²) in [4.78, 5) is 4.58. The Morgan fingerprint density at radius 1 is 1.38 bits per heavy atom. The van der Waals surface area contributed by atoms with Crippen molar-refractivity contribution in [2.24, 2.45) is 5.92 Å². The molecule has 16 heavy (non-hydrogen) atoms. The summed E-state index contributed by atoms with van der Waals surface area (Å²) >= 11 is 5.94. The fourth-order valence-corrected chi connectivity index (χ4v) is 2.16. The molecule has 0 aliphatic heterocycles. The van der Waals surface area contributed by atoms with Crippen LogP contribution in [-0.2, 0) is 12.4 Å². The first-order valence-electron chi connectivity index (χ1n) is 5.63. The third-order valence-electron chi connectivity index (χ3n) is 2.65. The molecule has 3 heteroatoms. The van der Waals surface area contributed by atoms with E-state index in [1.807, 2.05) is 0 Å². The van der Waals surface area contributed by atoms with Gasteiger partial charge in [0.2, 0.25) is 0 Å². The van der Waals surface area contributed by atoms with Crippen LogP contribution in [0.3, 0.4) is 0 Å². The van der Waals surface area contributed by atoms with Gasteiger partial charge in [-0.3, -0.25) is 0 Å². The number of imidazole rings is 1. The van der Waals surface area contributed by atoms with Crippen LogP contribution < -0.4 is 0 Å². The summed E-state index contributed by atoms with van der Waals surface area (Å²) in [6.07, 6.45) is 0. The lowest BCUT2D eigenvalue weighted by molar-refractivity contribution is 0.522. The van der Waals surface area contributed by atoms with E-state index in [9.17, 15) is 0 Å². The summed E-state index contributed by atoms with van der Waals surface area (Å²) in [5.41, 5.74) is 3.48. The molecule has 2 aromatic rings. The minimum atomic E-state index is 0.473. The van der Waals surface area contributed by atoms with Crippen LogP contribution >= 0.6 is 11.6 Å². The van der Waals surface area contributed by atoms with E-state index in [2.05, 4.69) is 48.5 Å². The average Bonchev–Trinajstić information content (AvgIpc) is 2.55. The van der Waals surface area contributed by atoms with E-state index in [-0.39, 0.29) is 0 Å². The molecule has 0 atom stereocenters. The maximum Gasteiger partial charge on any atom is 0.124 e. The normalized spacial score (nSPS) is 11.6. The molecule has 1 heterocycles. The maximum absolute atomic E-state index is 5.94. The van der Waals surface area contributed by atoms with Crippen molar-refractivity contribution in [1.29, 1.82) is 0 Å². The van der Waals surface area contributed by atoms with Gasteiger partial charge in [0, 0.05) is 6.54 Å². The van der Waals surface area contributed by atoms with E-state index in [4.69, 9.17) is 11.6 Å². The molecule has 0 amide bonds. The molecule has 0 aliphatic rings. The third-order valence-corrected chi connectivity index (χ3v) is 2.89. The van der Waals surface area contributed by atoms with Gasteiger partial charge in [-0.05, 0) is 30.5 Å². The van der Waals surface area contributed by atoms with Gasteiger partial charge in [0.05, 0.1) is 16.9 Å². The fraction of sp³-hybridized carbons (Fsp3) is 0.462. The third kappa shape index (κ3) is 2.07. The smallest absolute Gasteiger partial charge is 0.124 e. The predicted molar refractivity (Wildman–Crippen MR) is 68.9 cm³/mol. The minimum absolute atomic E-state index is 0.473. The summed E-state index contributed by atoms with van der Waals surface area (Å²) < 4.78 is 2.23. The molecule has 0 radical (unpaired) electrons. The molecule has 86 valence electrons. The molecule has 1 aromatic heterocycles. The molecule has 0 aliphatic carbocycles. The van der Waals surface area contributed by atoms with Gasteiger partial charge in [-0.25, -0.2) is 4.98 Å². The number of hydrogen-bond acceptors (Lipinski definition) is 1. The van der Waals surface area contributed by atoms with E-state index < -0.39 is 0 Å². The van der Waals surface area contributed by atoms with Crippen molar-refractivity contribution in [1.82, 2.24) is 9.55 Å². The molecule has 0 fully saturated rings. The standard InChI is InChI=1S/C13H17ClN2/c1-9(2)8-16-12-5-4-10(3)6-11(12)15-13(16)7-14/h4-6,9H,7-8H2,1-3H3. The fourth-order valence-electron chi connectivity index (χ4n) is 1.96. The van der Waals surface area contributed by atoms with Crippen molar-refractivity contribution in [3.63, 3.8) is 0 Å². The molecular formula is C13H17ClN2. The van der Waals surface area contributed by atoms with Crippen molar-refractivity contribution >= 4 is 22.6 Å². The van der Waals surface area contributed by atoms with Gasteiger partial charge in [0.15, 0.2) is 0 Å². The number of aryl methyl sites for hydroxylation is 1. The van der Waals surface area contributed by atoms with Crippen LogP contribution in [0.4, 0.5) is 0 Å². The van der Waals surface area contributed by atoms with Gasteiger partial charge in [-0.2, -0.15) is 0 Å². The number of halogens is 1. The predicted octanol–water partition coefficient (Wildman–Crippen LogP) is 3.74. The number of fused-ring (bicyclic) bond motifs is 1. The molecule has 0 spiro atoms. The van der Waals surface area contributed by atoms with Crippen molar-refractivity contribution < 1.29 is 0 Å². The molecule has 2 nitrogen and oxygen atoms in total. The Balaban J connectivity index is 2.59. The first-order valence-corrected chi connectivity index (χ1v) is 6.17. The molecule has 0 saturated heterocycles. The van der Waals surface area contributed by atoms with Gasteiger partial charge in [0.25, 0.3) is 0 Å². The van der Waals surface area contributed by atoms with Crippen molar-refractivity contribution in [2.75, 3.05) is 0 Å². The molecule has 0 bridgehead atoms. The van der Waals surface area contributed by atoms with Crippen LogP contribution in [0.15, 0.2) is 18.2 Å². The number of alkyl halides is 1. The van der Waals surface area contributed by atoms with E-state index in [1.54, 1.807) is 0 Å². The second kappa shape index (κ2) is 4.46. The highest BCUT2D eigenvalue weighted by molar-refractivity contribution is 6.16. The Labute approximate surface area is 101 Å². The van der Waals surface area contributed by atoms with Gasteiger partial charge in [-0.15, -0.1) is 11.6 Å². The number of hydrogen-bond donors (Lipinski definition) is 0. The Bertz CT molecular complexity index is 500. The monoisotopic (exact) mass is 236 g/mol. The van der Waals surface area contributed by atoms with Crippen molar-refractivity contribution in [3.05, 3.63) is 29.6 Å². The van der Waals surface area contributed by atoms with Crippen molar-refractivity contribution in [2.45, 2.75) is 33.2 Å². The SMILES string of the molecule is Cc1ccc2c(c1)nc(CCl)n2CC(C)C. The molecule has 0 unspecified atom stereocenters. The lowest BCUT2D eigenvalue weighted by Gasteiger charge is -2.10. The largest absolute Gasteiger partial charge is 0.327 e. The first-order chi connectivity index (χ1) is 7.61. The van der Waals surface area contributed by atoms with Crippen LogP contribution in [0.5, 0.6) is 0 Å². The Morgan fingerprint density at radius 3 is 2.75 bits per heavy atom. The summed E-state index contributed by atoms with van der Waals surface area (Å²) in [5.74, 6) is 2.04. The maximum atomic E-state index is 5.94. The Morgan fingerprint density at radius 2 is 2.12 bits per heavy atom. The minimum Gasteiger partial charge on any atom is -0.327 e. The zero-order valence-electron chi connectivity index (χ0n) is 10.00. The molecule has 0 N–H and O–H groups in total. The van der Waals surface area contributed by atoms with Crippen LogP contribution in [0, 0.1) is 12.8 Å². The highest BCUT2D eigenvalue weighted by Gasteiger charge is 2.10. The average molecular weight is 237 g/mol. The van der Waals surface area contributed by atoms with Crippen LogP contribution in [0.1, 0.15) is 25.2 Å². The number of aromatic nitrogens is 2. The Kier molecular flexibility index (Phi) is 3.20. The van der Waals surface area contributed by atoms with E-state index in [1.165, 1.54) is 11.1 Å². The summed E-state index contributed by atoms with van der Waals surface area (Å²) in [7, 11) is 0. The van der Waals surface area contributed by atoms with E-state index >= 15 is 0 Å². The molecular weight excluding hydrogens is 220 g/mol. The first kappa shape index (κ1) is 11.5. The summed E-state index contributed by atoms with van der Waals surface area (Å²) in [5, 5.41) is 0. The van der Waals surface area contributed by atoms with Crippen LogP contribution in [-0.4, -0.2) is 9.55 Å². The van der Waals surface area contributed by atoms with Crippen LogP contribution in [0.25, 0.3) is 11.0 Å². The zero-order chi connectivity index (χ0) is 11.7. The van der Waals surface area contributed by atoms with E-state index in [0.717, 1.165) is 17.9 Å². The van der Waals surface area contributed by atoms with Crippen molar-refractivity contribution in [3.8, 4) is 0 Å². The lowest BCUT2D eigenvalue weighted by atomic mass is 10.2.